The Labute approximate surface area is 123 Å². The second-order valence-electron chi connectivity index (χ2n) is 4.45. The predicted octanol–water partition coefficient (Wildman–Crippen LogP) is 1.29. The molecule has 0 spiro atoms. The number of H-pyrrole nitrogens is 1. The van der Waals surface area contributed by atoms with Crippen molar-refractivity contribution in [1.29, 1.82) is 0 Å². The average molecular weight is 325 g/mol. The SMILES string of the molecule is CS(=O)(=O)NCc1nc(-c2ccc3[nH]c(=O)oc3c2)cs1. The molecule has 0 fully saturated rings. The van der Waals surface area contributed by atoms with Crippen LogP contribution in [-0.2, 0) is 16.6 Å². The number of oxazole rings is 1. The van der Waals surface area contributed by atoms with Gasteiger partial charge < -0.3 is 4.42 Å². The molecule has 7 nitrogen and oxygen atoms in total. The minimum atomic E-state index is -3.24. The summed E-state index contributed by atoms with van der Waals surface area (Å²) in [6.45, 7) is 0.158. The van der Waals surface area contributed by atoms with E-state index in [0.717, 1.165) is 11.8 Å². The molecule has 0 bridgehead atoms. The average Bonchev–Trinajstić information content (AvgIpc) is 2.99. The van der Waals surface area contributed by atoms with Crippen molar-refractivity contribution in [3.8, 4) is 11.3 Å². The molecule has 2 N–H and O–H groups in total. The second-order valence-corrected chi connectivity index (χ2v) is 7.22. The van der Waals surface area contributed by atoms with Gasteiger partial charge in [0, 0.05) is 10.9 Å². The Kier molecular flexibility index (Phi) is 3.40. The van der Waals surface area contributed by atoms with E-state index in [-0.39, 0.29) is 6.54 Å². The van der Waals surface area contributed by atoms with E-state index in [1.54, 1.807) is 12.1 Å². The number of benzene rings is 1. The lowest BCUT2D eigenvalue weighted by atomic mass is 10.1. The highest BCUT2D eigenvalue weighted by Gasteiger charge is 2.09. The van der Waals surface area contributed by atoms with Gasteiger partial charge in [-0.05, 0) is 12.1 Å². The quantitative estimate of drug-likeness (QED) is 0.752. The van der Waals surface area contributed by atoms with E-state index in [2.05, 4.69) is 14.7 Å². The van der Waals surface area contributed by atoms with Gasteiger partial charge >= 0.3 is 5.76 Å². The lowest BCUT2D eigenvalue weighted by Gasteiger charge is -1.98. The maximum absolute atomic E-state index is 11.1. The molecule has 3 aromatic rings. The number of fused-ring (bicyclic) bond motifs is 1. The minimum Gasteiger partial charge on any atom is -0.408 e. The Hall–Kier alpha value is -1.97. The van der Waals surface area contributed by atoms with E-state index in [9.17, 15) is 13.2 Å². The van der Waals surface area contributed by atoms with Crippen molar-refractivity contribution in [3.05, 3.63) is 39.1 Å². The first-order chi connectivity index (χ1) is 9.90. The second kappa shape index (κ2) is 5.10. The van der Waals surface area contributed by atoms with Crippen LogP contribution in [0.3, 0.4) is 0 Å². The molecule has 2 aromatic heterocycles. The van der Waals surface area contributed by atoms with E-state index in [0.29, 0.717) is 21.8 Å². The van der Waals surface area contributed by atoms with Gasteiger partial charge in [0.25, 0.3) is 0 Å². The molecular formula is C12H11N3O4S2. The summed E-state index contributed by atoms with van der Waals surface area (Å²) in [6.07, 6.45) is 1.10. The third kappa shape index (κ3) is 3.20. The third-order valence-corrected chi connectivity index (χ3v) is 4.27. The van der Waals surface area contributed by atoms with Crippen LogP contribution in [0.1, 0.15) is 5.01 Å². The topological polar surface area (TPSA) is 105 Å². The lowest BCUT2D eigenvalue weighted by Crippen LogP contribution is -2.21. The number of sulfonamides is 1. The molecule has 2 heterocycles. The summed E-state index contributed by atoms with van der Waals surface area (Å²) >= 11 is 1.36. The minimum absolute atomic E-state index is 0.158. The summed E-state index contributed by atoms with van der Waals surface area (Å²) in [4.78, 5) is 18.0. The molecule has 0 aliphatic rings. The number of aromatic amines is 1. The summed E-state index contributed by atoms with van der Waals surface area (Å²) in [5, 5.41) is 2.48. The normalized spacial score (nSPS) is 12.0. The van der Waals surface area contributed by atoms with Crippen LogP contribution in [0.15, 0.2) is 32.8 Å². The highest BCUT2D eigenvalue weighted by molar-refractivity contribution is 7.88. The Balaban J connectivity index is 1.88. The molecule has 0 saturated heterocycles. The van der Waals surface area contributed by atoms with Gasteiger partial charge in [-0.1, -0.05) is 6.07 Å². The molecule has 0 atom stereocenters. The van der Waals surface area contributed by atoms with Crippen molar-refractivity contribution in [2.75, 3.05) is 6.26 Å². The molecule has 21 heavy (non-hydrogen) atoms. The Morgan fingerprint density at radius 3 is 3.00 bits per heavy atom. The molecule has 0 saturated carbocycles. The van der Waals surface area contributed by atoms with Crippen LogP contribution < -0.4 is 10.5 Å². The Morgan fingerprint density at radius 1 is 1.43 bits per heavy atom. The van der Waals surface area contributed by atoms with Crippen molar-refractivity contribution >= 4 is 32.5 Å². The molecule has 0 radical (unpaired) electrons. The smallest absolute Gasteiger partial charge is 0.408 e. The van der Waals surface area contributed by atoms with Crippen molar-refractivity contribution in [3.63, 3.8) is 0 Å². The summed E-state index contributed by atoms with van der Waals surface area (Å²) in [5.74, 6) is -0.501. The molecule has 9 heteroatoms. The number of hydrogen-bond acceptors (Lipinski definition) is 6. The molecule has 110 valence electrons. The van der Waals surface area contributed by atoms with Crippen LogP contribution in [0.25, 0.3) is 22.4 Å². The standard InChI is InChI=1S/C12H11N3O4S2/c1-21(17,18)13-5-11-14-9(6-20-11)7-2-3-8-10(4-7)19-12(16)15-8/h2-4,6,13H,5H2,1H3,(H,15,16). The van der Waals surface area contributed by atoms with Gasteiger partial charge in [0.15, 0.2) is 5.58 Å². The molecule has 1 aromatic carbocycles. The number of aromatic nitrogens is 2. The Bertz CT molecular complexity index is 952. The molecule has 0 aliphatic heterocycles. The number of thiazole rings is 1. The maximum Gasteiger partial charge on any atom is 0.417 e. The van der Waals surface area contributed by atoms with Gasteiger partial charge in [0.05, 0.1) is 24.0 Å². The fourth-order valence-electron chi connectivity index (χ4n) is 1.82. The van der Waals surface area contributed by atoms with E-state index in [4.69, 9.17) is 4.42 Å². The van der Waals surface area contributed by atoms with Crippen molar-refractivity contribution < 1.29 is 12.8 Å². The van der Waals surface area contributed by atoms with E-state index in [1.165, 1.54) is 11.3 Å². The van der Waals surface area contributed by atoms with Gasteiger partial charge in [-0.3, -0.25) is 4.98 Å². The van der Waals surface area contributed by atoms with Gasteiger partial charge in [-0.25, -0.2) is 22.9 Å². The van der Waals surface area contributed by atoms with E-state index < -0.39 is 15.8 Å². The highest BCUT2D eigenvalue weighted by atomic mass is 32.2. The van der Waals surface area contributed by atoms with E-state index in [1.807, 2.05) is 11.4 Å². The number of nitrogens with one attached hydrogen (secondary N) is 2. The number of nitrogens with zero attached hydrogens (tertiary/aromatic N) is 1. The van der Waals surface area contributed by atoms with Crippen molar-refractivity contribution in [1.82, 2.24) is 14.7 Å². The van der Waals surface area contributed by atoms with Crippen molar-refractivity contribution in [2.24, 2.45) is 0 Å². The zero-order valence-corrected chi connectivity index (χ0v) is 12.5. The Morgan fingerprint density at radius 2 is 2.24 bits per heavy atom. The van der Waals surface area contributed by atoms with Gasteiger partial charge in [0.2, 0.25) is 10.0 Å². The zero-order chi connectivity index (χ0) is 15.0. The molecule has 0 unspecified atom stereocenters. The van der Waals surface area contributed by atoms with Gasteiger partial charge in [0.1, 0.15) is 5.01 Å². The lowest BCUT2D eigenvalue weighted by molar-refractivity contribution is 0.555. The third-order valence-electron chi connectivity index (χ3n) is 2.75. The molecule has 3 rings (SSSR count). The first kappa shape index (κ1) is 14.0. The van der Waals surface area contributed by atoms with Crippen LogP contribution in [0, 0.1) is 0 Å². The van der Waals surface area contributed by atoms with Crippen LogP contribution in [0.4, 0.5) is 0 Å². The van der Waals surface area contributed by atoms with E-state index >= 15 is 0 Å². The molecular weight excluding hydrogens is 314 g/mol. The first-order valence-electron chi connectivity index (χ1n) is 5.93. The first-order valence-corrected chi connectivity index (χ1v) is 8.70. The number of hydrogen-bond donors (Lipinski definition) is 2. The van der Waals surface area contributed by atoms with Gasteiger partial charge in [-0.2, -0.15) is 0 Å². The maximum atomic E-state index is 11.1. The summed E-state index contributed by atoms with van der Waals surface area (Å²) in [7, 11) is -3.24. The zero-order valence-electron chi connectivity index (χ0n) is 10.9. The molecule has 0 aliphatic carbocycles. The van der Waals surface area contributed by atoms with Crippen LogP contribution >= 0.6 is 11.3 Å². The summed E-state index contributed by atoms with van der Waals surface area (Å²) in [5.41, 5.74) is 2.59. The van der Waals surface area contributed by atoms with Crippen molar-refractivity contribution in [2.45, 2.75) is 6.54 Å². The number of rotatable bonds is 4. The fourth-order valence-corrected chi connectivity index (χ4v) is 3.06. The van der Waals surface area contributed by atoms with Crippen LogP contribution in [0.2, 0.25) is 0 Å². The summed E-state index contributed by atoms with van der Waals surface area (Å²) < 4.78 is 29.5. The summed E-state index contributed by atoms with van der Waals surface area (Å²) in [6, 6.07) is 5.27. The monoisotopic (exact) mass is 325 g/mol. The highest BCUT2D eigenvalue weighted by Crippen LogP contribution is 2.24. The largest absolute Gasteiger partial charge is 0.417 e. The van der Waals surface area contributed by atoms with Crippen LogP contribution in [-0.4, -0.2) is 24.6 Å². The van der Waals surface area contributed by atoms with Gasteiger partial charge in [-0.15, -0.1) is 11.3 Å². The molecule has 0 amide bonds. The van der Waals surface area contributed by atoms with Crippen LogP contribution in [0.5, 0.6) is 0 Å². The predicted molar refractivity (Wildman–Crippen MR) is 79.6 cm³/mol. The fraction of sp³-hybridized carbons (Fsp3) is 0.167.